The summed E-state index contributed by atoms with van der Waals surface area (Å²) in [5.74, 6) is 1.68. The van der Waals surface area contributed by atoms with Gasteiger partial charge in [-0.25, -0.2) is 5.01 Å². The molecule has 7 heteroatoms. The van der Waals surface area contributed by atoms with Gasteiger partial charge in [0.25, 0.3) is 0 Å². The summed E-state index contributed by atoms with van der Waals surface area (Å²) in [5, 5.41) is 7.10. The van der Waals surface area contributed by atoms with Crippen LogP contribution in [0, 0.1) is 0 Å². The van der Waals surface area contributed by atoms with Crippen molar-refractivity contribution in [2.24, 2.45) is 5.10 Å². The number of benzene rings is 3. The quantitative estimate of drug-likeness (QED) is 0.322. The van der Waals surface area contributed by atoms with Crippen LogP contribution >= 0.6 is 47.8 Å². The number of rotatable bonds is 3. The molecule has 0 aromatic heterocycles. The molecular formula is C23H17Br3N2O2. The van der Waals surface area contributed by atoms with Crippen LogP contribution in [0.15, 0.2) is 79.2 Å². The largest absolute Gasteiger partial charge is 0.497 e. The Morgan fingerprint density at radius 3 is 2.40 bits per heavy atom. The first kappa shape index (κ1) is 20.1. The van der Waals surface area contributed by atoms with Gasteiger partial charge in [-0.2, -0.15) is 5.10 Å². The van der Waals surface area contributed by atoms with E-state index in [9.17, 15) is 0 Å². The van der Waals surface area contributed by atoms with E-state index in [1.807, 2.05) is 42.5 Å². The maximum Gasteiger partial charge on any atom is 0.213 e. The van der Waals surface area contributed by atoms with Gasteiger partial charge < -0.3 is 9.47 Å². The Hall–Kier alpha value is -1.83. The van der Waals surface area contributed by atoms with Crippen LogP contribution in [0.25, 0.3) is 0 Å². The summed E-state index contributed by atoms with van der Waals surface area (Å²) < 4.78 is 14.8. The smallest absolute Gasteiger partial charge is 0.213 e. The molecule has 2 atom stereocenters. The molecule has 3 aromatic rings. The Morgan fingerprint density at radius 2 is 1.70 bits per heavy atom. The lowest BCUT2D eigenvalue weighted by Gasteiger charge is -2.38. The fourth-order valence-electron chi connectivity index (χ4n) is 3.92. The van der Waals surface area contributed by atoms with Gasteiger partial charge in [0.2, 0.25) is 6.23 Å². The van der Waals surface area contributed by atoms with E-state index in [-0.39, 0.29) is 12.3 Å². The van der Waals surface area contributed by atoms with Crippen molar-refractivity contribution >= 4 is 53.5 Å². The molecule has 30 heavy (non-hydrogen) atoms. The first-order valence-corrected chi connectivity index (χ1v) is 11.8. The molecule has 0 saturated carbocycles. The van der Waals surface area contributed by atoms with Crippen molar-refractivity contribution in [3.8, 4) is 11.5 Å². The van der Waals surface area contributed by atoms with Gasteiger partial charge in [0.15, 0.2) is 0 Å². The Morgan fingerprint density at radius 1 is 0.967 bits per heavy atom. The predicted molar refractivity (Wildman–Crippen MR) is 128 cm³/mol. The van der Waals surface area contributed by atoms with Crippen molar-refractivity contribution in [3.63, 3.8) is 0 Å². The highest BCUT2D eigenvalue weighted by Crippen LogP contribution is 2.50. The molecule has 5 rings (SSSR count). The molecule has 0 radical (unpaired) electrons. The second-order valence-electron chi connectivity index (χ2n) is 7.20. The first-order chi connectivity index (χ1) is 14.5. The molecule has 0 fully saturated rings. The van der Waals surface area contributed by atoms with Crippen molar-refractivity contribution in [1.29, 1.82) is 0 Å². The van der Waals surface area contributed by atoms with E-state index in [2.05, 4.69) is 71.0 Å². The van der Waals surface area contributed by atoms with Gasteiger partial charge in [-0.15, -0.1) is 0 Å². The normalized spacial score (nSPS) is 19.6. The highest BCUT2D eigenvalue weighted by Gasteiger charge is 2.41. The van der Waals surface area contributed by atoms with Crippen LogP contribution in [0.3, 0.4) is 0 Å². The third kappa shape index (κ3) is 3.57. The zero-order valence-electron chi connectivity index (χ0n) is 16.0. The minimum absolute atomic E-state index is 0.0910. The summed E-state index contributed by atoms with van der Waals surface area (Å²) >= 11 is 10.8. The zero-order chi connectivity index (χ0) is 20.8. The van der Waals surface area contributed by atoms with E-state index in [4.69, 9.17) is 14.6 Å². The number of methoxy groups -OCH3 is 1. The third-order valence-corrected chi connectivity index (χ3v) is 6.96. The monoisotopic (exact) mass is 590 g/mol. The van der Waals surface area contributed by atoms with Crippen LogP contribution in [-0.4, -0.2) is 17.8 Å². The number of hydrogen-bond donors (Lipinski definition) is 0. The van der Waals surface area contributed by atoms with Crippen LogP contribution in [-0.2, 0) is 0 Å². The minimum Gasteiger partial charge on any atom is -0.497 e. The summed E-state index contributed by atoms with van der Waals surface area (Å²) in [5.41, 5.74) is 4.33. The Bertz CT molecular complexity index is 1130. The van der Waals surface area contributed by atoms with Crippen molar-refractivity contribution in [1.82, 2.24) is 5.01 Å². The third-order valence-electron chi connectivity index (χ3n) is 5.39. The van der Waals surface area contributed by atoms with Crippen LogP contribution in [0.5, 0.6) is 11.5 Å². The Kier molecular flexibility index (Phi) is 5.37. The van der Waals surface area contributed by atoms with Crippen molar-refractivity contribution in [3.05, 3.63) is 90.8 Å². The van der Waals surface area contributed by atoms with Crippen molar-refractivity contribution < 1.29 is 9.47 Å². The topological polar surface area (TPSA) is 34.1 Å². The standard InChI is InChI=1S/C23H17Br3N2O2/c1-29-17-8-4-14(5-9-17)23-28-21(18-10-16(25)11-19(26)22(18)30-23)12-20(27-28)13-2-6-15(24)7-3-13/h2-11,21,23H,12H2,1H3/t21-,23+/m0/s1. The second kappa shape index (κ2) is 8.02. The molecule has 3 aromatic carbocycles. The molecular weight excluding hydrogens is 576 g/mol. The SMILES string of the molecule is COc1ccc([C@H]2Oc3c(Br)cc(Br)cc3[C@@H]3CC(c4ccc(Br)cc4)=NN23)cc1. The van der Waals surface area contributed by atoms with Gasteiger partial charge in [0.1, 0.15) is 11.5 Å². The number of ether oxygens (including phenoxy) is 2. The average molecular weight is 593 g/mol. The molecule has 2 aliphatic heterocycles. The summed E-state index contributed by atoms with van der Waals surface area (Å²) in [7, 11) is 1.67. The lowest BCUT2D eigenvalue weighted by atomic mass is 9.96. The molecule has 2 heterocycles. The summed E-state index contributed by atoms with van der Waals surface area (Å²) in [6.07, 6.45) is 0.493. The molecule has 2 aliphatic rings. The van der Waals surface area contributed by atoms with Gasteiger partial charge in [-0.1, -0.05) is 44.0 Å². The van der Waals surface area contributed by atoms with E-state index in [1.54, 1.807) is 7.11 Å². The first-order valence-electron chi connectivity index (χ1n) is 9.45. The molecule has 0 bridgehead atoms. The predicted octanol–water partition coefficient (Wildman–Crippen LogP) is 7.23. The molecule has 0 unspecified atom stereocenters. The highest BCUT2D eigenvalue weighted by atomic mass is 79.9. The van der Waals surface area contributed by atoms with Crippen LogP contribution in [0.4, 0.5) is 0 Å². The van der Waals surface area contributed by atoms with E-state index >= 15 is 0 Å². The van der Waals surface area contributed by atoms with Crippen LogP contribution < -0.4 is 9.47 Å². The van der Waals surface area contributed by atoms with Crippen LogP contribution in [0.2, 0.25) is 0 Å². The number of fused-ring (bicyclic) bond motifs is 3. The maximum absolute atomic E-state index is 6.50. The Balaban J connectivity index is 1.60. The van der Waals surface area contributed by atoms with E-state index in [0.29, 0.717) is 0 Å². The molecule has 0 spiro atoms. The number of nitrogens with zero attached hydrogens (tertiary/aromatic N) is 2. The second-order valence-corrected chi connectivity index (χ2v) is 9.89. The number of hydrogen-bond acceptors (Lipinski definition) is 4. The van der Waals surface area contributed by atoms with E-state index in [0.717, 1.165) is 53.7 Å². The lowest BCUT2D eigenvalue weighted by molar-refractivity contribution is -0.0197. The summed E-state index contributed by atoms with van der Waals surface area (Å²) in [6, 6.07) is 20.5. The molecule has 152 valence electrons. The van der Waals surface area contributed by atoms with Gasteiger partial charge in [0, 0.05) is 26.5 Å². The summed E-state index contributed by atoms with van der Waals surface area (Å²) in [6.45, 7) is 0. The van der Waals surface area contributed by atoms with Crippen LogP contribution in [0.1, 0.15) is 35.4 Å². The Labute approximate surface area is 200 Å². The lowest BCUT2D eigenvalue weighted by Crippen LogP contribution is -2.33. The average Bonchev–Trinajstić information content (AvgIpc) is 3.20. The molecule has 0 N–H and O–H groups in total. The van der Waals surface area contributed by atoms with E-state index < -0.39 is 0 Å². The molecule has 4 nitrogen and oxygen atoms in total. The molecule has 0 aliphatic carbocycles. The van der Waals surface area contributed by atoms with Crippen molar-refractivity contribution in [2.75, 3.05) is 7.11 Å². The molecule has 0 amide bonds. The fraction of sp³-hybridized carbons (Fsp3) is 0.174. The highest BCUT2D eigenvalue weighted by molar-refractivity contribution is 9.11. The van der Waals surface area contributed by atoms with Gasteiger partial charge in [0.05, 0.1) is 23.3 Å². The number of halogens is 3. The van der Waals surface area contributed by atoms with Gasteiger partial charge >= 0.3 is 0 Å². The fourth-order valence-corrected chi connectivity index (χ4v) is 5.54. The maximum atomic E-state index is 6.50. The minimum atomic E-state index is -0.321. The van der Waals surface area contributed by atoms with Gasteiger partial charge in [-0.3, -0.25) is 0 Å². The summed E-state index contributed by atoms with van der Waals surface area (Å²) in [4.78, 5) is 0. The van der Waals surface area contributed by atoms with Crippen molar-refractivity contribution in [2.45, 2.75) is 18.7 Å². The number of hydrazone groups is 1. The molecule has 0 saturated heterocycles. The van der Waals surface area contributed by atoms with Gasteiger partial charge in [-0.05, 0) is 70.0 Å². The zero-order valence-corrected chi connectivity index (χ0v) is 20.7. The van der Waals surface area contributed by atoms with E-state index in [1.165, 1.54) is 0 Å².